The number of ketones is 1. The summed E-state index contributed by atoms with van der Waals surface area (Å²) in [6, 6.07) is 10.0. The Morgan fingerprint density at radius 2 is 2.00 bits per heavy atom. The van der Waals surface area contributed by atoms with Gasteiger partial charge in [-0.05, 0) is 31.9 Å². The van der Waals surface area contributed by atoms with Crippen LogP contribution in [0.3, 0.4) is 0 Å². The Morgan fingerprint density at radius 3 is 2.64 bits per heavy atom. The van der Waals surface area contributed by atoms with Crippen LogP contribution in [0.2, 0.25) is 0 Å². The van der Waals surface area contributed by atoms with Crippen LogP contribution in [-0.4, -0.2) is 26.7 Å². The highest BCUT2D eigenvalue weighted by Gasteiger charge is 2.13. The fourth-order valence-electron chi connectivity index (χ4n) is 2.64. The molecule has 0 fully saturated rings. The molecular weight excluding hydrogens is 334 g/mol. The third-order valence-electron chi connectivity index (χ3n) is 4.00. The summed E-state index contributed by atoms with van der Waals surface area (Å²) < 4.78 is 5.29. The monoisotopic (exact) mass is 355 g/mol. The molecule has 5 nitrogen and oxygen atoms in total. The molecule has 130 valence electrons. The minimum absolute atomic E-state index is 0.113. The van der Waals surface area contributed by atoms with E-state index >= 15 is 0 Å². The Bertz CT molecular complexity index is 865. The molecule has 25 heavy (non-hydrogen) atoms. The number of aryl methyl sites for hydroxylation is 3. The van der Waals surface area contributed by atoms with Crippen LogP contribution in [0, 0.1) is 13.8 Å². The maximum absolute atomic E-state index is 12.2. The molecule has 1 N–H and O–H groups in total. The summed E-state index contributed by atoms with van der Waals surface area (Å²) in [7, 11) is 0. The summed E-state index contributed by atoms with van der Waals surface area (Å²) in [5, 5.41) is 4.03. The number of aromatic amines is 1. The molecule has 2 heterocycles. The Morgan fingerprint density at radius 1 is 1.24 bits per heavy atom. The molecule has 3 rings (SSSR count). The van der Waals surface area contributed by atoms with Gasteiger partial charge in [-0.1, -0.05) is 36.3 Å². The molecule has 0 atom stereocenters. The molecule has 2 aromatic heterocycles. The average molecular weight is 355 g/mol. The number of rotatable bonds is 7. The van der Waals surface area contributed by atoms with E-state index in [-0.39, 0.29) is 5.78 Å². The topological polar surface area (TPSA) is 71.8 Å². The first-order valence-corrected chi connectivity index (χ1v) is 9.41. The number of hydrogen-bond acceptors (Lipinski definition) is 5. The van der Waals surface area contributed by atoms with Crippen LogP contribution >= 0.6 is 11.8 Å². The van der Waals surface area contributed by atoms with Crippen LogP contribution in [-0.2, 0) is 12.2 Å². The normalized spacial score (nSPS) is 11.0. The highest BCUT2D eigenvalue weighted by atomic mass is 32.2. The predicted molar refractivity (Wildman–Crippen MR) is 99.9 cm³/mol. The van der Waals surface area contributed by atoms with E-state index in [1.165, 1.54) is 17.3 Å². The molecule has 0 aliphatic heterocycles. The van der Waals surface area contributed by atoms with Crippen LogP contribution in [0.4, 0.5) is 0 Å². The number of benzene rings is 1. The van der Waals surface area contributed by atoms with Gasteiger partial charge in [0.05, 0.1) is 11.5 Å². The maximum atomic E-state index is 12.2. The first kappa shape index (κ1) is 17.5. The van der Waals surface area contributed by atoms with Gasteiger partial charge in [-0.25, -0.2) is 0 Å². The summed E-state index contributed by atoms with van der Waals surface area (Å²) >= 11 is 1.48. The van der Waals surface area contributed by atoms with Crippen molar-refractivity contribution < 1.29 is 9.32 Å². The number of hydrogen-bond donors (Lipinski definition) is 1. The van der Waals surface area contributed by atoms with Crippen molar-refractivity contribution in [2.24, 2.45) is 0 Å². The molecule has 0 aliphatic carbocycles. The number of nitrogens with one attached hydrogen (secondary N) is 1. The third kappa shape index (κ3) is 4.20. The van der Waals surface area contributed by atoms with E-state index in [1.54, 1.807) is 0 Å². The third-order valence-corrected chi connectivity index (χ3v) is 4.91. The van der Waals surface area contributed by atoms with Gasteiger partial charge in [0.2, 0.25) is 11.7 Å². The molecule has 0 aliphatic rings. The van der Waals surface area contributed by atoms with Crippen molar-refractivity contribution in [1.82, 2.24) is 15.1 Å². The van der Waals surface area contributed by atoms with Crippen molar-refractivity contribution in [3.05, 3.63) is 58.7 Å². The van der Waals surface area contributed by atoms with Gasteiger partial charge in [-0.3, -0.25) is 4.79 Å². The number of aromatic nitrogens is 3. The van der Waals surface area contributed by atoms with Crippen LogP contribution < -0.4 is 0 Å². The summed E-state index contributed by atoms with van der Waals surface area (Å²) in [6.45, 7) is 5.99. The zero-order valence-electron chi connectivity index (χ0n) is 14.6. The number of carbonyl (C=O) groups is 1. The summed E-state index contributed by atoms with van der Waals surface area (Å²) in [5.74, 6) is 2.15. The van der Waals surface area contributed by atoms with Crippen molar-refractivity contribution in [2.45, 2.75) is 32.9 Å². The van der Waals surface area contributed by atoms with Gasteiger partial charge in [0.15, 0.2) is 5.78 Å². The lowest BCUT2D eigenvalue weighted by molar-refractivity contribution is 0.102. The zero-order valence-corrected chi connectivity index (χ0v) is 15.4. The van der Waals surface area contributed by atoms with Crippen molar-refractivity contribution in [1.29, 1.82) is 0 Å². The highest BCUT2D eigenvalue weighted by molar-refractivity contribution is 7.99. The van der Waals surface area contributed by atoms with E-state index in [1.807, 2.05) is 32.0 Å². The average Bonchev–Trinajstić information content (AvgIpc) is 3.21. The Labute approximate surface area is 151 Å². The lowest BCUT2D eigenvalue weighted by Gasteiger charge is -1.98. The van der Waals surface area contributed by atoms with E-state index in [0.717, 1.165) is 28.9 Å². The second kappa shape index (κ2) is 7.70. The lowest BCUT2D eigenvalue weighted by atomic mass is 10.1. The molecule has 0 spiro atoms. The molecule has 0 radical (unpaired) electrons. The second-order valence-electron chi connectivity index (χ2n) is 5.97. The Balaban J connectivity index is 1.56. The lowest BCUT2D eigenvalue weighted by Crippen LogP contribution is -2.03. The molecule has 0 saturated heterocycles. The highest BCUT2D eigenvalue weighted by Crippen LogP contribution is 2.20. The molecular formula is C19H21N3O2S. The minimum Gasteiger partial charge on any atom is -0.362 e. The molecule has 0 bridgehead atoms. The number of nitrogens with zero attached hydrogens (tertiary/aromatic N) is 2. The molecule has 0 amide bonds. The summed E-state index contributed by atoms with van der Waals surface area (Å²) in [4.78, 5) is 19.8. The van der Waals surface area contributed by atoms with E-state index in [2.05, 4.69) is 34.2 Å². The van der Waals surface area contributed by atoms with Crippen LogP contribution in [0.25, 0.3) is 11.4 Å². The van der Waals surface area contributed by atoms with E-state index in [4.69, 9.17) is 4.52 Å². The Hall–Kier alpha value is -2.34. The van der Waals surface area contributed by atoms with Gasteiger partial charge < -0.3 is 9.51 Å². The van der Waals surface area contributed by atoms with Gasteiger partial charge >= 0.3 is 0 Å². The standard InChI is InChI=1S/C19H21N3O2S/c1-4-14-5-7-15(8-6-14)19-21-18(24-22-19)11-25-10-17(23)16-9-12(2)20-13(16)3/h5-9,20H,4,10-11H2,1-3H3. The van der Waals surface area contributed by atoms with Crippen molar-refractivity contribution in [3.63, 3.8) is 0 Å². The van der Waals surface area contributed by atoms with Crippen LogP contribution in [0.1, 0.15) is 40.1 Å². The van der Waals surface area contributed by atoms with E-state index < -0.39 is 0 Å². The number of H-pyrrole nitrogens is 1. The van der Waals surface area contributed by atoms with E-state index in [0.29, 0.717) is 23.2 Å². The van der Waals surface area contributed by atoms with Crippen LogP contribution in [0.15, 0.2) is 34.9 Å². The maximum Gasteiger partial charge on any atom is 0.236 e. The van der Waals surface area contributed by atoms with Crippen molar-refractivity contribution >= 4 is 17.5 Å². The van der Waals surface area contributed by atoms with Crippen LogP contribution in [0.5, 0.6) is 0 Å². The quantitative estimate of drug-likeness (QED) is 0.638. The fourth-order valence-corrected chi connectivity index (χ4v) is 3.38. The predicted octanol–water partition coefficient (Wildman–Crippen LogP) is 4.36. The van der Waals surface area contributed by atoms with Crippen molar-refractivity contribution in [2.75, 3.05) is 5.75 Å². The minimum atomic E-state index is 0.113. The largest absolute Gasteiger partial charge is 0.362 e. The molecule has 0 unspecified atom stereocenters. The summed E-state index contributed by atoms with van der Waals surface area (Å²) in [6.07, 6.45) is 1.00. The number of carbonyl (C=O) groups excluding carboxylic acids is 1. The molecule has 0 saturated carbocycles. The zero-order chi connectivity index (χ0) is 17.8. The fraction of sp³-hybridized carbons (Fsp3) is 0.316. The van der Waals surface area contributed by atoms with E-state index in [9.17, 15) is 4.79 Å². The number of Topliss-reactive ketones (excluding diaryl/α,β-unsaturated/α-hetero) is 1. The Kier molecular flexibility index (Phi) is 5.38. The van der Waals surface area contributed by atoms with Gasteiger partial charge in [0, 0.05) is 22.5 Å². The second-order valence-corrected chi connectivity index (χ2v) is 6.95. The smallest absolute Gasteiger partial charge is 0.236 e. The SMILES string of the molecule is CCc1ccc(-c2noc(CSCC(=O)c3cc(C)[nH]c3C)n2)cc1. The van der Waals surface area contributed by atoms with Gasteiger partial charge in [0.1, 0.15) is 0 Å². The molecule has 1 aromatic carbocycles. The molecule has 6 heteroatoms. The van der Waals surface area contributed by atoms with Gasteiger partial charge in [-0.2, -0.15) is 4.98 Å². The number of thioether (sulfide) groups is 1. The van der Waals surface area contributed by atoms with Crippen molar-refractivity contribution in [3.8, 4) is 11.4 Å². The van der Waals surface area contributed by atoms with Gasteiger partial charge in [0.25, 0.3) is 0 Å². The first-order chi connectivity index (χ1) is 12.1. The van der Waals surface area contributed by atoms with Gasteiger partial charge in [-0.15, -0.1) is 11.8 Å². The first-order valence-electron chi connectivity index (χ1n) is 8.26. The molecule has 3 aromatic rings. The summed E-state index contributed by atoms with van der Waals surface area (Å²) in [5.41, 5.74) is 4.89.